The van der Waals surface area contributed by atoms with Gasteiger partial charge in [-0.3, -0.25) is 9.59 Å². The van der Waals surface area contributed by atoms with Crippen molar-refractivity contribution in [3.05, 3.63) is 29.8 Å². The molecule has 1 amide bonds. The Hall–Kier alpha value is -1.93. The molecule has 0 spiro atoms. The number of hydrogen-bond donors (Lipinski definition) is 2. The third-order valence-electron chi connectivity index (χ3n) is 3.79. The van der Waals surface area contributed by atoms with E-state index in [9.17, 15) is 18.0 Å². The largest absolute Gasteiger partial charge is 0.480 e. The first-order valence-electron chi connectivity index (χ1n) is 7.39. The van der Waals surface area contributed by atoms with Crippen molar-refractivity contribution in [3.8, 4) is 0 Å². The first-order valence-corrected chi connectivity index (χ1v) is 8.87. The summed E-state index contributed by atoms with van der Waals surface area (Å²) >= 11 is 0. The summed E-state index contributed by atoms with van der Waals surface area (Å²) in [5.41, 5.74) is 0.142. The van der Waals surface area contributed by atoms with E-state index in [2.05, 4.69) is 4.72 Å². The van der Waals surface area contributed by atoms with Gasteiger partial charge in [-0.25, -0.2) is 13.1 Å². The van der Waals surface area contributed by atoms with Gasteiger partial charge in [0, 0.05) is 18.7 Å². The number of carboxylic acids is 1. The molecule has 23 heavy (non-hydrogen) atoms. The van der Waals surface area contributed by atoms with Gasteiger partial charge in [-0.05, 0) is 31.0 Å². The average Bonchev–Trinajstić information content (AvgIpc) is 2.98. The number of aliphatic carboxylic acids is 1. The number of rotatable bonds is 6. The fourth-order valence-corrected chi connectivity index (χ4v) is 3.97. The van der Waals surface area contributed by atoms with Crippen LogP contribution in [0.1, 0.15) is 36.0 Å². The van der Waals surface area contributed by atoms with E-state index in [-0.39, 0.29) is 16.5 Å². The minimum atomic E-state index is -3.69. The number of benzene rings is 1. The number of carboxylic acid groups (broad SMARTS) is 1. The summed E-state index contributed by atoms with van der Waals surface area (Å²) in [6.45, 7) is -0.448. The number of carbonyl (C=O) groups excluding carboxylic acids is 1. The molecule has 7 nitrogen and oxygen atoms in total. The molecule has 1 saturated carbocycles. The Morgan fingerprint density at radius 3 is 2.57 bits per heavy atom. The number of likely N-dealkylation sites (N-methyl/N-ethyl adjacent to an activating group) is 1. The number of nitrogens with one attached hydrogen (secondary N) is 1. The Balaban J connectivity index is 2.18. The Morgan fingerprint density at radius 1 is 1.30 bits per heavy atom. The molecule has 1 fully saturated rings. The Morgan fingerprint density at radius 2 is 1.96 bits per heavy atom. The van der Waals surface area contributed by atoms with Crippen molar-refractivity contribution in [2.75, 3.05) is 13.6 Å². The lowest BCUT2D eigenvalue weighted by Crippen LogP contribution is -2.33. The number of nitrogens with zero attached hydrogens (tertiary/aromatic N) is 1. The van der Waals surface area contributed by atoms with Gasteiger partial charge in [-0.2, -0.15) is 0 Å². The van der Waals surface area contributed by atoms with Gasteiger partial charge in [0.25, 0.3) is 5.91 Å². The van der Waals surface area contributed by atoms with E-state index in [1.54, 1.807) is 0 Å². The van der Waals surface area contributed by atoms with Crippen LogP contribution in [0, 0.1) is 0 Å². The van der Waals surface area contributed by atoms with Gasteiger partial charge in [0.2, 0.25) is 10.0 Å². The second-order valence-corrected chi connectivity index (χ2v) is 7.40. The molecule has 126 valence electrons. The molecule has 1 aromatic carbocycles. The summed E-state index contributed by atoms with van der Waals surface area (Å²) in [7, 11) is -2.33. The molecule has 0 radical (unpaired) electrons. The van der Waals surface area contributed by atoms with Gasteiger partial charge in [0.15, 0.2) is 0 Å². The Labute approximate surface area is 135 Å². The molecule has 1 aliphatic carbocycles. The molecule has 0 aromatic heterocycles. The highest BCUT2D eigenvalue weighted by Crippen LogP contribution is 2.21. The molecule has 0 saturated heterocycles. The maximum atomic E-state index is 12.4. The molecule has 2 N–H and O–H groups in total. The second-order valence-electron chi connectivity index (χ2n) is 5.69. The van der Waals surface area contributed by atoms with Crippen molar-refractivity contribution in [2.24, 2.45) is 0 Å². The molecule has 0 unspecified atom stereocenters. The maximum absolute atomic E-state index is 12.4. The van der Waals surface area contributed by atoms with Crippen LogP contribution >= 0.6 is 0 Å². The molecule has 0 bridgehead atoms. The molecule has 0 atom stereocenters. The smallest absolute Gasteiger partial charge is 0.323 e. The van der Waals surface area contributed by atoms with Crippen molar-refractivity contribution in [3.63, 3.8) is 0 Å². The lowest BCUT2D eigenvalue weighted by molar-refractivity contribution is -0.137. The third kappa shape index (κ3) is 4.52. The summed E-state index contributed by atoms with van der Waals surface area (Å²) < 4.78 is 27.4. The fourth-order valence-electron chi connectivity index (χ4n) is 2.62. The minimum absolute atomic E-state index is 0.0129. The SMILES string of the molecule is CN(CC(=O)O)C(=O)c1cccc(S(=O)(=O)NC2CCCC2)c1. The zero-order valence-corrected chi connectivity index (χ0v) is 13.7. The first kappa shape index (κ1) is 17.4. The summed E-state index contributed by atoms with van der Waals surface area (Å²) in [6, 6.07) is 5.58. The van der Waals surface area contributed by atoms with Crippen LogP contribution in [0.2, 0.25) is 0 Å². The molecule has 2 rings (SSSR count). The lowest BCUT2D eigenvalue weighted by Gasteiger charge is -2.16. The van der Waals surface area contributed by atoms with E-state index in [0.717, 1.165) is 30.6 Å². The van der Waals surface area contributed by atoms with E-state index in [1.807, 2.05) is 0 Å². The van der Waals surface area contributed by atoms with Crippen LogP contribution in [0.3, 0.4) is 0 Å². The van der Waals surface area contributed by atoms with Gasteiger partial charge < -0.3 is 10.0 Å². The van der Waals surface area contributed by atoms with Crippen molar-refractivity contribution in [1.29, 1.82) is 0 Å². The van der Waals surface area contributed by atoms with Crippen LogP contribution in [0.4, 0.5) is 0 Å². The van der Waals surface area contributed by atoms with Crippen LogP contribution in [0.15, 0.2) is 29.2 Å². The highest BCUT2D eigenvalue weighted by Gasteiger charge is 2.24. The zero-order valence-electron chi connectivity index (χ0n) is 12.9. The lowest BCUT2D eigenvalue weighted by atomic mass is 10.2. The van der Waals surface area contributed by atoms with Crippen molar-refractivity contribution in [2.45, 2.75) is 36.6 Å². The van der Waals surface area contributed by atoms with Gasteiger partial charge in [0.1, 0.15) is 6.54 Å². The fraction of sp³-hybridized carbons (Fsp3) is 0.467. The Kier molecular flexibility index (Phi) is 5.38. The van der Waals surface area contributed by atoms with Crippen LogP contribution in [-0.2, 0) is 14.8 Å². The molecule has 1 aliphatic rings. The van der Waals surface area contributed by atoms with E-state index in [0.29, 0.717) is 0 Å². The third-order valence-corrected chi connectivity index (χ3v) is 5.31. The summed E-state index contributed by atoms with van der Waals surface area (Å²) in [5, 5.41) is 8.72. The van der Waals surface area contributed by atoms with Crippen LogP contribution in [-0.4, -0.2) is 49.9 Å². The van der Waals surface area contributed by atoms with Gasteiger partial charge in [0.05, 0.1) is 4.90 Å². The van der Waals surface area contributed by atoms with E-state index >= 15 is 0 Å². The number of sulfonamides is 1. The normalized spacial score (nSPS) is 15.5. The minimum Gasteiger partial charge on any atom is -0.480 e. The van der Waals surface area contributed by atoms with Gasteiger partial charge in [-0.1, -0.05) is 18.9 Å². The highest BCUT2D eigenvalue weighted by atomic mass is 32.2. The van der Waals surface area contributed by atoms with Crippen molar-refractivity contribution < 1.29 is 23.1 Å². The Bertz CT molecular complexity index is 696. The zero-order chi connectivity index (χ0) is 17.0. The molecular weight excluding hydrogens is 320 g/mol. The van der Waals surface area contributed by atoms with Crippen LogP contribution in [0.5, 0.6) is 0 Å². The molecular formula is C15H20N2O5S. The topological polar surface area (TPSA) is 104 Å². The predicted octanol–water partition coefficient (Wildman–Crippen LogP) is 1.06. The maximum Gasteiger partial charge on any atom is 0.323 e. The van der Waals surface area contributed by atoms with E-state index < -0.39 is 28.4 Å². The molecule has 1 aromatic rings. The van der Waals surface area contributed by atoms with Gasteiger partial charge >= 0.3 is 5.97 Å². The molecule has 8 heteroatoms. The average molecular weight is 340 g/mol. The van der Waals surface area contributed by atoms with Crippen LogP contribution in [0.25, 0.3) is 0 Å². The number of hydrogen-bond acceptors (Lipinski definition) is 4. The summed E-state index contributed by atoms with van der Waals surface area (Å²) in [5.74, 6) is -1.67. The highest BCUT2D eigenvalue weighted by molar-refractivity contribution is 7.89. The van der Waals surface area contributed by atoms with Crippen LogP contribution < -0.4 is 4.72 Å². The molecule has 0 aliphatic heterocycles. The summed E-state index contributed by atoms with van der Waals surface area (Å²) in [6.07, 6.45) is 3.65. The van der Waals surface area contributed by atoms with E-state index in [1.165, 1.54) is 31.3 Å². The monoisotopic (exact) mass is 340 g/mol. The summed E-state index contributed by atoms with van der Waals surface area (Å²) in [4.78, 5) is 23.9. The standard InChI is InChI=1S/C15H20N2O5S/c1-17(10-14(18)19)15(20)11-5-4-8-13(9-11)23(21,22)16-12-6-2-3-7-12/h4-5,8-9,12,16H,2-3,6-7,10H2,1H3,(H,18,19). The quantitative estimate of drug-likeness (QED) is 0.806. The van der Waals surface area contributed by atoms with E-state index in [4.69, 9.17) is 5.11 Å². The number of amides is 1. The molecule has 0 heterocycles. The predicted molar refractivity (Wildman–Crippen MR) is 83.6 cm³/mol. The van der Waals surface area contributed by atoms with Crippen molar-refractivity contribution >= 4 is 21.9 Å². The van der Waals surface area contributed by atoms with Gasteiger partial charge in [-0.15, -0.1) is 0 Å². The number of carbonyl (C=O) groups is 2. The van der Waals surface area contributed by atoms with Crippen molar-refractivity contribution in [1.82, 2.24) is 9.62 Å². The first-order chi connectivity index (χ1) is 10.8. The second kappa shape index (κ2) is 7.10.